The average Bonchev–Trinajstić information content (AvgIpc) is 3.05. The van der Waals surface area contributed by atoms with E-state index >= 15 is 0 Å². The number of carbonyl (C=O) groups excluding carboxylic acids is 1. The maximum atomic E-state index is 13.5. The molecule has 1 heterocycles. The van der Waals surface area contributed by atoms with Crippen LogP contribution < -0.4 is 10.6 Å². The minimum absolute atomic E-state index is 0.214. The van der Waals surface area contributed by atoms with E-state index in [-0.39, 0.29) is 11.5 Å². The van der Waals surface area contributed by atoms with Crippen molar-refractivity contribution in [3.8, 4) is 0 Å². The minimum Gasteiger partial charge on any atom is -0.326 e. The third-order valence-electron chi connectivity index (χ3n) is 4.31. The lowest BCUT2D eigenvalue weighted by atomic mass is 10.2. The van der Waals surface area contributed by atoms with Gasteiger partial charge in [-0.3, -0.25) is 14.8 Å². The van der Waals surface area contributed by atoms with Crippen LogP contribution in [0.3, 0.4) is 0 Å². The molecule has 0 radical (unpaired) electrons. The van der Waals surface area contributed by atoms with Crippen LogP contribution in [-0.2, 0) is 13.1 Å². The zero-order valence-electron chi connectivity index (χ0n) is 16.8. The van der Waals surface area contributed by atoms with E-state index in [1.165, 1.54) is 18.2 Å². The molecule has 0 bridgehead atoms. The average molecular weight is 472 g/mol. The fraction of sp³-hybridized carbons (Fsp3) is 0.227. The van der Waals surface area contributed by atoms with Gasteiger partial charge in [0.1, 0.15) is 5.82 Å². The lowest BCUT2D eigenvalue weighted by molar-refractivity contribution is 0.0976. The molecule has 2 N–H and O–H groups in total. The number of guanidine groups is 1. The standard InChI is InChI=1S/C22H23BrFN5O/c1-3-10-29-14-17(15(2)28-29)13-25-22(26-20-9-5-7-18(23)12-20)27-21(30)16-6-4-8-19(24)11-16/h4-9,11-12,14H,3,10,13H2,1-2H3,(H2,25,26,27,30). The molecule has 2 aromatic carbocycles. The number of aliphatic imine (C=N–C) groups is 1. The van der Waals surface area contributed by atoms with Crippen LogP contribution in [0.1, 0.15) is 35.0 Å². The van der Waals surface area contributed by atoms with Gasteiger partial charge in [0.05, 0.1) is 12.2 Å². The number of nitrogens with zero attached hydrogens (tertiary/aromatic N) is 3. The molecule has 3 aromatic rings. The van der Waals surface area contributed by atoms with Crippen LogP contribution in [0.2, 0.25) is 0 Å². The molecule has 0 saturated heterocycles. The van der Waals surface area contributed by atoms with Gasteiger partial charge >= 0.3 is 0 Å². The van der Waals surface area contributed by atoms with Crippen LogP contribution in [0.4, 0.5) is 10.1 Å². The van der Waals surface area contributed by atoms with Crippen LogP contribution in [0.15, 0.2) is 64.2 Å². The maximum Gasteiger partial charge on any atom is 0.258 e. The number of benzene rings is 2. The van der Waals surface area contributed by atoms with E-state index in [1.54, 1.807) is 6.07 Å². The third-order valence-corrected chi connectivity index (χ3v) is 4.81. The fourth-order valence-electron chi connectivity index (χ4n) is 2.84. The Morgan fingerprint density at radius 2 is 2.03 bits per heavy atom. The Labute approximate surface area is 183 Å². The number of rotatable bonds is 6. The number of aryl methyl sites for hydroxylation is 2. The highest BCUT2D eigenvalue weighted by Gasteiger charge is 2.11. The number of carbonyl (C=O) groups is 1. The summed E-state index contributed by atoms with van der Waals surface area (Å²) in [5.41, 5.74) is 2.83. The van der Waals surface area contributed by atoms with E-state index in [9.17, 15) is 9.18 Å². The molecule has 30 heavy (non-hydrogen) atoms. The van der Waals surface area contributed by atoms with Gasteiger partial charge in [-0.15, -0.1) is 0 Å². The van der Waals surface area contributed by atoms with E-state index in [4.69, 9.17) is 0 Å². The molecule has 1 amide bonds. The molecule has 0 aliphatic rings. The number of nitrogens with one attached hydrogen (secondary N) is 2. The van der Waals surface area contributed by atoms with Crippen molar-refractivity contribution in [1.82, 2.24) is 15.1 Å². The number of halogens is 2. The van der Waals surface area contributed by atoms with Crippen LogP contribution in [0.25, 0.3) is 0 Å². The monoisotopic (exact) mass is 471 g/mol. The lowest BCUT2D eigenvalue weighted by Crippen LogP contribution is -2.36. The first-order valence-electron chi connectivity index (χ1n) is 9.61. The summed E-state index contributed by atoms with van der Waals surface area (Å²) in [6.07, 6.45) is 2.96. The molecule has 0 spiro atoms. The molecule has 0 saturated carbocycles. The van der Waals surface area contributed by atoms with Gasteiger partial charge in [-0.05, 0) is 49.7 Å². The third kappa shape index (κ3) is 6.00. The normalized spacial score (nSPS) is 11.4. The zero-order chi connectivity index (χ0) is 21.5. The molecule has 3 rings (SSSR count). The zero-order valence-corrected chi connectivity index (χ0v) is 18.4. The summed E-state index contributed by atoms with van der Waals surface area (Å²) < 4.78 is 16.3. The van der Waals surface area contributed by atoms with Gasteiger partial charge < -0.3 is 5.32 Å². The summed E-state index contributed by atoms with van der Waals surface area (Å²) in [4.78, 5) is 17.2. The van der Waals surface area contributed by atoms with Crippen LogP contribution >= 0.6 is 15.9 Å². The van der Waals surface area contributed by atoms with Crippen molar-refractivity contribution in [3.63, 3.8) is 0 Å². The van der Waals surface area contributed by atoms with Gasteiger partial charge in [-0.2, -0.15) is 5.10 Å². The molecule has 0 aliphatic carbocycles. The van der Waals surface area contributed by atoms with Crippen LogP contribution in [-0.4, -0.2) is 21.6 Å². The molecule has 156 valence electrons. The molecular formula is C22H23BrFN5O. The van der Waals surface area contributed by atoms with E-state index in [2.05, 4.69) is 43.6 Å². The first kappa shape index (κ1) is 21.7. The summed E-state index contributed by atoms with van der Waals surface area (Å²) in [5, 5.41) is 10.3. The number of aromatic nitrogens is 2. The second kappa shape index (κ2) is 10.2. The Hall–Kier alpha value is -3.00. The van der Waals surface area contributed by atoms with Gasteiger partial charge in [-0.25, -0.2) is 9.38 Å². The maximum absolute atomic E-state index is 13.5. The molecule has 0 atom stereocenters. The smallest absolute Gasteiger partial charge is 0.258 e. The minimum atomic E-state index is -0.472. The predicted octanol–water partition coefficient (Wildman–Crippen LogP) is 4.90. The fourth-order valence-corrected chi connectivity index (χ4v) is 3.24. The summed E-state index contributed by atoms with van der Waals surface area (Å²) in [7, 11) is 0. The van der Waals surface area contributed by atoms with Gasteiger partial charge in [0.2, 0.25) is 5.96 Å². The quantitative estimate of drug-likeness (QED) is 0.396. The Bertz CT molecular complexity index is 1060. The SMILES string of the molecule is CCCn1cc(CN=C(NC(=O)c2cccc(F)c2)Nc2cccc(Br)c2)c(C)n1. The Morgan fingerprint density at radius 1 is 1.23 bits per heavy atom. The Balaban J connectivity index is 1.82. The highest BCUT2D eigenvalue weighted by Crippen LogP contribution is 2.16. The summed E-state index contributed by atoms with van der Waals surface area (Å²) in [6.45, 7) is 5.21. The molecular weight excluding hydrogens is 449 g/mol. The van der Waals surface area contributed by atoms with Crippen molar-refractivity contribution in [1.29, 1.82) is 0 Å². The van der Waals surface area contributed by atoms with Gasteiger partial charge in [-0.1, -0.05) is 35.0 Å². The summed E-state index contributed by atoms with van der Waals surface area (Å²) in [5.74, 6) is -0.654. The van der Waals surface area contributed by atoms with Crippen LogP contribution in [0.5, 0.6) is 0 Å². The highest BCUT2D eigenvalue weighted by atomic mass is 79.9. The Morgan fingerprint density at radius 3 is 2.77 bits per heavy atom. The van der Waals surface area contributed by atoms with E-state index in [1.807, 2.05) is 42.1 Å². The highest BCUT2D eigenvalue weighted by molar-refractivity contribution is 9.10. The molecule has 0 fully saturated rings. The van der Waals surface area contributed by atoms with Crippen molar-refractivity contribution in [2.75, 3.05) is 5.32 Å². The van der Waals surface area contributed by atoms with E-state index < -0.39 is 11.7 Å². The molecule has 6 nitrogen and oxygen atoms in total. The van der Waals surface area contributed by atoms with Crippen molar-refractivity contribution in [3.05, 3.63) is 81.8 Å². The predicted molar refractivity (Wildman–Crippen MR) is 120 cm³/mol. The van der Waals surface area contributed by atoms with E-state index in [0.29, 0.717) is 6.54 Å². The van der Waals surface area contributed by atoms with Crippen molar-refractivity contribution < 1.29 is 9.18 Å². The topological polar surface area (TPSA) is 71.3 Å². The van der Waals surface area contributed by atoms with Gasteiger partial charge in [0.15, 0.2) is 0 Å². The van der Waals surface area contributed by atoms with Crippen molar-refractivity contribution in [2.24, 2.45) is 4.99 Å². The van der Waals surface area contributed by atoms with Gasteiger partial charge in [0.25, 0.3) is 5.91 Å². The number of anilines is 1. The first-order valence-corrected chi connectivity index (χ1v) is 10.4. The van der Waals surface area contributed by atoms with E-state index in [0.717, 1.165) is 34.4 Å². The number of amides is 1. The molecule has 8 heteroatoms. The summed E-state index contributed by atoms with van der Waals surface area (Å²) in [6, 6.07) is 13.0. The molecule has 0 unspecified atom stereocenters. The molecule has 0 aliphatic heterocycles. The van der Waals surface area contributed by atoms with Crippen molar-refractivity contribution in [2.45, 2.75) is 33.4 Å². The number of hydrogen-bond acceptors (Lipinski definition) is 3. The van der Waals surface area contributed by atoms with Gasteiger partial charge in [0, 0.05) is 34.0 Å². The molecule has 1 aromatic heterocycles. The van der Waals surface area contributed by atoms with Crippen molar-refractivity contribution >= 4 is 33.5 Å². The van der Waals surface area contributed by atoms with Crippen LogP contribution in [0, 0.1) is 12.7 Å². The number of hydrogen-bond donors (Lipinski definition) is 2. The second-order valence-corrected chi connectivity index (χ2v) is 7.68. The largest absolute Gasteiger partial charge is 0.326 e. The second-order valence-electron chi connectivity index (χ2n) is 6.77. The lowest BCUT2D eigenvalue weighted by Gasteiger charge is -2.12. The Kier molecular flexibility index (Phi) is 7.35. The summed E-state index contributed by atoms with van der Waals surface area (Å²) >= 11 is 3.43. The first-order chi connectivity index (χ1) is 14.4.